The van der Waals surface area contributed by atoms with E-state index in [0.29, 0.717) is 28.5 Å². The van der Waals surface area contributed by atoms with E-state index in [9.17, 15) is 14.0 Å². The molecule has 0 aliphatic carbocycles. The number of carbonyl (C=O) groups excluding carboxylic acids is 1. The van der Waals surface area contributed by atoms with Crippen LogP contribution in [0.15, 0.2) is 71.7 Å². The number of carbonyl (C=O) groups is 1. The van der Waals surface area contributed by atoms with Gasteiger partial charge in [-0.05, 0) is 48.9 Å². The minimum atomic E-state index is -0.568. The van der Waals surface area contributed by atoms with Gasteiger partial charge >= 0.3 is 6.03 Å². The van der Waals surface area contributed by atoms with Gasteiger partial charge in [0.1, 0.15) is 23.8 Å². The first kappa shape index (κ1) is 21.3. The number of fused-ring (bicyclic) bond motifs is 1. The number of aromatic nitrogens is 2. The average molecular weight is 453 g/mol. The molecule has 2 amide bonds. The second-order valence-electron chi connectivity index (χ2n) is 6.99. The van der Waals surface area contributed by atoms with Gasteiger partial charge in [-0.1, -0.05) is 23.7 Å². The molecule has 7 nitrogen and oxygen atoms in total. The average Bonchev–Trinajstić information content (AvgIpc) is 2.77. The van der Waals surface area contributed by atoms with Crippen molar-refractivity contribution in [2.75, 3.05) is 10.6 Å². The summed E-state index contributed by atoms with van der Waals surface area (Å²) in [6.45, 7) is 1.95. The van der Waals surface area contributed by atoms with Gasteiger partial charge < -0.3 is 15.4 Å². The normalized spacial score (nSPS) is 10.7. The topological polar surface area (TPSA) is 84.7 Å². The van der Waals surface area contributed by atoms with Gasteiger partial charge in [0.15, 0.2) is 0 Å². The van der Waals surface area contributed by atoms with Crippen LogP contribution in [-0.2, 0) is 6.61 Å². The van der Waals surface area contributed by atoms with Crippen LogP contribution in [0.2, 0.25) is 5.02 Å². The molecule has 0 aliphatic rings. The van der Waals surface area contributed by atoms with Crippen molar-refractivity contribution < 1.29 is 13.9 Å². The van der Waals surface area contributed by atoms with E-state index in [0.717, 1.165) is 5.56 Å². The van der Waals surface area contributed by atoms with Gasteiger partial charge in [0, 0.05) is 29.7 Å². The van der Waals surface area contributed by atoms with Crippen LogP contribution >= 0.6 is 11.6 Å². The second kappa shape index (κ2) is 9.07. The summed E-state index contributed by atoms with van der Waals surface area (Å²) >= 11 is 5.73. The zero-order chi connectivity index (χ0) is 22.7. The van der Waals surface area contributed by atoms with Crippen molar-refractivity contribution in [1.29, 1.82) is 0 Å². The Kier molecular flexibility index (Phi) is 6.04. The van der Waals surface area contributed by atoms with Crippen LogP contribution in [0.25, 0.3) is 5.65 Å². The number of aryl methyl sites for hydroxylation is 1. The summed E-state index contributed by atoms with van der Waals surface area (Å²) in [6.07, 6.45) is 1.65. The highest BCUT2D eigenvalue weighted by atomic mass is 35.5. The number of hydrogen-bond donors (Lipinski definition) is 2. The lowest BCUT2D eigenvalue weighted by Gasteiger charge is -2.13. The molecular formula is C23H18ClFN4O3. The summed E-state index contributed by atoms with van der Waals surface area (Å²) in [7, 11) is 0. The summed E-state index contributed by atoms with van der Waals surface area (Å²) < 4.78 is 20.6. The van der Waals surface area contributed by atoms with Crippen molar-refractivity contribution in [3.05, 3.63) is 99.3 Å². The molecule has 0 saturated carbocycles. The van der Waals surface area contributed by atoms with Crippen LogP contribution in [-0.4, -0.2) is 15.4 Å². The smallest absolute Gasteiger partial charge is 0.323 e. The summed E-state index contributed by atoms with van der Waals surface area (Å²) in [4.78, 5) is 28.9. The zero-order valence-electron chi connectivity index (χ0n) is 16.9. The molecule has 32 heavy (non-hydrogen) atoms. The first-order valence-electron chi connectivity index (χ1n) is 9.63. The van der Waals surface area contributed by atoms with E-state index >= 15 is 0 Å². The molecule has 0 spiro atoms. The molecule has 2 N–H and O–H groups in total. The second-order valence-corrected chi connectivity index (χ2v) is 7.40. The lowest BCUT2D eigenvalue weighted by molar-refractivity contribution is 0.262. The largest absolute Gasteiger partial charge is 0.487 e. The van der Waals surface area contributed by atoms with Gasteiger partial charge in [0.2, 0.25) is 0 Å². The number of pyridine rings is 1. The highest BCUT2D eigenvalue weighted by Crippen LogP contribution is 2.24. The third-order valence-corrected chi connectivity index (χ3v) is 4.91. The standard InChI is InChI=1S/C23H18ClFN4O3/c1-14-5-6-16(28-23(31)27-15-7-8-19(25)18(24)10-15)11-20(14)32-13-17-12-22(30)29-9-3-2-4-21(29)26-17/h2-12H,13H2,1H3,(H2,27,28,31). The van der Waals surface area contributed by atoms with E-state index in [1.807, 2.05) is 6.92 Å². The Bertz CT molecular complexity index is 1370. The van der Waals surface area contributed by atoms with E-state index in [-0.39, 0.29) is 17.2 Å². The summed E-state index contributed by atoms with van der Waals surface area (Å²) in [5.74, 6) is -0.0377. The number of halogens is 2. The van der Waals surface area contributed by atoms with Gasteiger partial charge in [-0.15, -0.1) is 0 Å². The molecule has 162 valence electrons. The maximum Gasteiger partial charge on any atom is 0.323 e. The Labute approximate surface area is 187 Å². The van der Waals surface area contributed by atoms with Gasteiger partial charge in [0.05, 0.1) is 10.7 Å². The molecule has 0 radical (unpaired) electrons. The minimum absolute atomic E-state index is 0.0873. The molecule has 2 heterocycles. The molecular weight excluding hydrogens is 435 g/mol. The Hall–Kier alpha value is -3.91. The van der Waals surface area contributed by atoms with Gasteiger partial charge in [0.25, 0.3) is 5.56 Å². The van der Waals surface area contributed by atoms with Gasteiger partial charge in [-0.3, -0.25) is 9.20 Å². The molecule has 0 saturated heterocycles. The molecule has 9 heteroatoms. The molecule has 0 fully saturated rings. The fourth-order valence-corrected chi connectivity index (χ4v) is 3.21. The van der Waals surface area contributed by atoms with E-state index in [1.165, 1.54) is 28.7 Å². The number of anilines is 2. The van der Waals surface area contributed by atoms with Crippen molar-refractivity contribution in [2.45, 2.75) is 13.5 Å². The van der Waals surface area contributed by atoms with Crippen molar-refractivity contribution >= 4 is 34.7 Å². The fraction of sp³-hybridized carbons (Fsp3) is 0.0870. The Morgan fingerprint density at radius 3 is 2.62 bits per heavy atom. The van der Waals surface area contributed by atoms with Crippen LogP contribution in [0.5, 0.6) is 5.75 Å². The van der Waals surface area contributed by atoms with Gasteiger partial charge in [-0.25, -0.2) is 14.2 Å². The number of rotatable bonds is 5. The summed E-state index contributed by atoms with van der Waals surface area (Å²) in [5.41, 5.74) is 2.51. The monoisotopic (exact) mass is 452 g/mol. The first-order chi connectivity index (χ1) is 15.4. The van der Waals surface area contributed by atoms with Crippen LogP contribution in [0.4, 0.5) is 20.6 Å². The molecule has 0 aliphatic heterocycles. The summed E-state index contributed by atoms with van der Waals surface area (Å²) in [6, 6.07) is 15.3. The van der Waals surface area contributed by atoms with Crippen molar-refractivity contribution in [3.8, 4) is 5.75 Å². The number of benzene rings is 2. The van der Waals surface area contributed by atoms with E-state index in [2.05, 4.69) is 15.6 Å². The summed E-state index contributed by atoms with van der Waals surface area (Å²) in [5, 5.41) is 5.19. The third kappa shape index (κ3) is 4.87. The highest BCUT2D eigenvalue weighted by molar-refractivity contribution is 6.31. The number of ether oxygens (including phenoxy) is 1. The van der Waals surface area contributed by atoms with Crippen molar-refractivity contribution in [1.82, 2.24) is 9.38 Å². The minimum Gasteiger partial charge on any atom is -0.487 e. The molecule has 2 aromatic carbocycles. The maximum absolute atomic E-state index is 13.3. The Balaban J connectivity index is 1.45. The zero-order valence-corrected chi connectivity index (χ0v) is 17.7. The first-order valence-corrected chi connectivity index (χ1v) is 10.0. The number of hydrogen-bond acceptors (Lipinski definition) is 4. The quantitative estimate of drug-likeness (QED) is 0.445. The van der Waals surface area contributed by atoms with Crippen molar-refractivity contribution in [3.63, 3.8) is 0 Å². The van der Waals surface area contributed by atoms with E-state index in [1.54, 1.807) is 42.6 Å². The highest BCUT2D eigenvalue weighted by Gasteiger charge is 2.09. The SMILES string of the molecule is Cc1ccc(NC(=O)Nc2ccc(F)c(Cl)c2)cc1OCc1cc(=O)n2ccccc2n1. The molecule has 4 rings (SSSR count). The Morgan fingerprint density at radius 2 is 1.84 bits per heavy atom. The predicted octanol–water partition coefficient (Wildman–Crippen LogP) is 5.02. The lowest BCUT2D eigenvalue weighted by atomic mass is 10.2. The van der Waals surface area contributed by atoms with E-state index in [4.69, 9.17) is 16.3 Å². The number of urea groups is 1. The molecule has 0 bridgehead atoms. The van der Waals surface area contributed by atoms with Crippen LogP contribution < -0.4 is 20.9 Å². The van der Waals surface area contributed by atoms with Crippen LogP contribution in [0.3, 0.4) is 0 Å². The fourth-order valence-electron chi connectivity index (χ4n) is 3.03. The molecule has 0 atom stereocenters. The van der Waals surface area contributed by atoms with Crippen molar-refractivity contribution in [2.24, 2.45) is 0 Å². The molecule has 0 unspecified atom stereocenters. The molecule has 2 aromatic heterocycles. The predicted molar refractivity (Wildman–Crippen MR) is 121 cm³/mol. The number of amides is 2. The maximum atomic E-state index is 13.3. The Morgan fingerprint density at radius 1 is 1.09 bits per heavy atom. The lowest BCUT2D eigenvalue weighted by Crippen LogP contribution is -2.19. The number of nitrogens with zero attached hydrogens (tertiary/aromatic N) is 2. The van der Waals surface area contributed by atoms with E-state index < -0.39 is 11.8 Å². The van der Waals surface area contributed by atoms with Gasteiger partial charge in [-0.2, -0.15) is 0 Å². The molecule has 4 aromatic rings. The number of nitrogens with one attached hydrogen (secondary N) is 2. The van der Waals surface area contributed by atoms with Crippen LogP contribution in [0, 0.1) is 12.7 Å². The third-order valence-electron chi connectivity index (χ3n) is 4.62. The van der Waals surface area contributed by atoms with Crippen LogP contribution in [0.1, 0.15) is 11.3 Å².